The van der Waals surface area contributed by atoms with Gasteiger partial charge in [0.05, 0.1) is 6.04 Å². The van der Waals surface area contributed by atoms with Crippen molar-refractivity contribution in [2.45, 2.75) is 70.8 Å². The molecule has 0 bridgehead atoms. The van der Waals surface area contributed by atoms with Gasteiger partial charge >= 0.3 is 0 Å². The molecule has 0 saturated carbocycles. The van der Waals surface area contributed by atoms with E-state index in [0.29, 0.717) is 24.4 Å². The van der Waals surface area contributed by atoms with Crippen molar-refractivity contribution in [3.63, 3.8) is 0 Å². The van der Waals surface area contributed by atoms with Gasteiger partial charge in [0.2, 0.25) is 5.91 Å². The van der Waals surface area contributed by atoms with Crippen molar-refractivity contribution in [2.75, 3.05) is 0 Å². The van der Waals surface area contributed by atoms with Crippen LogP contribution in [0.3, 0.4) is 0 Å². The topological polar surface area (TPSA) is 59.8 Å². The fourth-order valence-electron chi connectivity index (χ4n) is 5.01. The summed E-state index contributed by atoms with van der Waals surface area (Å²) in [6.07, 6.45) is 2.01. The number of amides is 1. The van der Waals surface area contributed by atoms with E-state index in [4.69, 9.17) is 0 Å². The molecular formula is C33H39FN4OS. The number of benzene rings is 3. The molecule has 1 amide bonds. The SMILES string of the molecule is Cc1ccc(-n2c(SCc3ccc(F)cc3)nnc2C(Cc2ccccc2)NC(=O)CC(C)CC(C)(C)C)cc1. The van der Waals surface area contributed by atoms with Crippen LogP contribution in [0.5, 0.6) is 0 Å². The fraction of sp³-hybridized carbons (Fsp3) is 0.364. The minimum Gasteiger partial charge on any atom is -0.346 e. The summed E-state index contributed by atoms with van der Waals surface area (Å²) < 4.78 is 15.5. The van der Waals surface area contributed by atoms with Crippen molar-refractivity contribution >= 4 is 17.7 Å². The average Bonchev–Trinajstić information content (AvgIpc) is 3.32. The monoisotopic (exact) mass is 558 g/mol. The smallest absolute Gasteiger partial charge is 0.220 e. The van der Waals surface area contributed by atoms with Crippen LogP contribution in [0.25, 0.3) is 5.69 Å². The molecule has 4 aromatic rings. The maximum Gasteiger partial charge on any atom is 0.220 e. The van der Waals surface area contributed by atoms with Crippen LogP contribution in [0.2, 0.25) is 0 Å². The minimum absolute atomic E-state index is 0.0108. The molecule has 0 spiro atoms. The zero-order valence-corrected chi connectivity index (χ0v) is 24.8. The Balaban J connectivity index is 1.67. The Morgan fingerprint density at radius 1 is 0.950 bits per heavy atom. The third-order valence-electron chi connectivity index (χ3n) is 6.66. The van der Waals surface area contributed by atoms with E-state index in [0.717, 1.165) is 34.0 Å². The second-order valence-corrected chi connectivity index (χ2v) is 12.8. The van der Waals surface area contributed by atoms with E-state index in [1.807, 2.05) is 22.8 Å². The highest BCUT2D eigenvalue weighted by Gasteiger charge is 2.26. The summed E-state index contributed by atoms with van der Waals surface area (Å²) in [6.45, 7) is 10.8. The Kier molecular flexibility index (Phi) is 9.80. The lowest BCUT2D eigenvalue weighted by Crippen LogP contribution is -2.33. The van der Waals surface area contributed by atoms with Gasteiger partial charge in [-0.3, -0.25) is 9.36 Å². The predicted octanol–water partition coefficient (Wildman–Crippen LogP) is 7.87. The second kappa shape index (κ2) is 13.3. The summed E-state index contributed by atoms with van der Waals surface area (Å²) >= 11 is 1.54. The van der Waals surface area contributed by atoms with E-state index < -0.39 is 0 Å². The van der Waals surface area contributed by atoms with Gasteiger partial charge in [0.1, 0.15) is 5.82 Å². The quantitative estimate of drug-likeness (QED) is 0.190. The normalized spacial score (nSPS) is 13.2. The second-order valence-electron chi connectivity index (χ2n) is 11.8. The first kappa shape index (κ1) is 29.5. The number of aryl methyl sites for hydroxylation is 1. The summed E-state index contributed by atoms with van der Waals surface area (Å²) in [7, 11) is 0. The van der Waals surface area contributed by atoms with Crippen LogP contribution in [0, 0.1) is 24.1 Å². The standard InChI is InChI=1S/C33H39FN4OS/c1-23-11-17-28(18-12-23)38-31(36-37-32(38)40-22-26-13-15-27(34)16-14-26)29(20-25-9-7-6-8-10-25)35-30(39)19-24(2)21-33(3,4)5/h6-18,24,29H,19-22H2,1-5H3,(H,35,39). The molecule has 5 nitrogen and oxygen atoms in total. The molecule has 0 saturated heterocycles. The number of hydrogen-bond acceptors (Lipinski definition) is 4. The van der Waals surface area contributed by atoms with Gasteiger partial charge in [0.15, 0.2) is 11.0 Å². The Morgan fingerprint density at radius 3 is 2.27 bits per heavy atom. The number of aromatic nitrogens is 3. The average molecular weight is 559 g/mol. The Hall–Kier alpha value is -3.45. The molecule has 4 rings (SSSR count). The van der Waals surface area contributed by atoms with Crippen LogP contribution >= 0.6 is 11.8 Å². The molecule has 210 valence electrons. The van der Waals surface area contributed by atoms with Crippen LogP contribution in [0.4, 0.5) is 4.39 Å². The molecule has 1 heterocycles. The Bertz CT molecular complexity index is 1380. The number of carbonyl (C=O) groups excluding carboxylic acids is 1. The number of carbonyl (C=O) groups is 1. The molecule has 0 fully saturated rings. The highest BCUT2D eigenvalue weighted by molar-refractivity contribution is 7.98. The molecular weight excluding hydrogens is 519 g/mol. The number of nitrogens with zero attached hydrogens (tertiary/aromatic N) is 3. The van der Waals surface area contributed by atoms with E-state index in [2.05, 4.69) is 86.5 Å². The van der Waals surface area contributed by atoms with E-state index in [1.54, 1.807) is 12.1 Å². The number of nitrogens with one attached hydrogen (secondary N) is 1. The number of hydrogen-bond donors (Lipinski definition) is 1. The summed E-state index contributed by atoms with van der Waals surface area (Å²) in [4.78, 5) is 13.3. The lowest BCUT2D eigenvalue weighted by Gasteiger charge is -2.24. The van der Waals surface area contributed by atoms with Crippen molar-refractivity contribution in [3.05, 3.63) is 107 Å². The summed E-state index contributed by atoms with van der Waals surface area (Å²) in [6, 6.07) is 24.5. The van der Waals surface area contributed by atoms with Crippen LogP contribution in [-0.2, 0) is 17.0 Å². The van der Waals surface area contributed by atoms with Gasteiger partial charge in [-0.05, 0) is 66.5 Å². The third kappa shape index (κ3) is 8.52. The molecule has 1 N–H and O–H groups in total. The van der Waals surface area contributed by atoms with Crippen LogP contribution in [0.15, 0.2) is 84.0 Å². The maximum absolute atomic E-state index is 13.4. The molecule has 2 atom stereocenters. The third-order valence-corrected chi connectivity index (χ3v) is 7.66. The Morgan fingerprint density at radius 2 is 1.62 bits per heavy atom. The van der Waals surface area contributed by atoms with Gasteiger partial charge in [-0.25, -0.2) is 4.39 Å². The minimum atomic E-state index is -0.370. The van der Waals surface area contributed by atoms with Gasteiger partial charge in [-0.1, -0.05) is 99.6 Å². The van der Waals surface area contributed by atoms with Gasteiger partial charge < -0.3 is 5.32 Å². The first-order valence-electron chi connectivity index (χ1n) is 13.8. The van der Waals surface area contributed by atoms with E-state index in [9.17, 15) is 9.18 Å². The van der Waals surface area contributed by atoms with Crippen LogP contribution < -0.4 is 5.32 Å². The fourth-order valence-corrected chi connectivity index (χ4v) is 5.92. The van der Waals surface area contributed by atoms with Gasteiger partial charge in [0, 0.05) is 17.9 Å². The van der Waals surface area contributed by atoms with Crippen LogP contribution in [0.1, 0.15) is 69.1 Å². The first-order chi connectivity index (χ1) is 19.1. The van der Waals surface area contributed by atoms with E-state index in [-0.39, 0.29) is 29.1 Å². The van der Waals surface area contributed by atoms with E-state index >= 15 is 0 Å². The van der Waals surface area contributed by atoms with E-state index in [1.165, 1.54) is 23.9 Å². The van der Waals surface area contributed by atoms with Crippen molar-refractivity contribution in [1.29, 1.82) is 0 Å². The zero-order chi connectivity index (χ0) is 28.7. The number of thioether (sulfide) groups is 1. The lowest BCUT2D eigenvalue weighted by atomic mass is 9.84. The van der Waals surface area contributed by atoms with Gasteiger partial charge in [-0.15, -0.1) is 10.2 Å². The molecule has 0 aliphatic rings. The van der Waals surface area contributed by atoms with Crippen molar-refractivity contribution in [1.82, 2.24) is 20.1 Å². The molecule has 1 aromatic heterocycles. The lowest BCUT2D eigenvalue weighted by molar-refractivity contribution is -0.122. The first-order valence-corrected chi connectivity index (χ1v) is 14.8. The van der Waals surface area contributed by atoms with Crippen LogP contribution in [-0.4, -0.2) is 20.7 Å². The van der Waals surface area contributed by atoms with Crippen molar-refractivity contribution in [2.24, 2.45) is 11.3 Å². The van der Waals surface area contributed by atoms with Gasteiger partial charge in [-0.2, -0.15) is 0 Å². The summed E-state index contributed by atoms with van der Waals surface area (Å²) in [5.74, 6) is 1.32. The summed E-state index contributed by atoms with van der Waals surface area (Å²) in [5, 5.41) is 13.2. The summed E-state index contributed by atoms with van der Waals surface area (Å²) in [5.41, 5.74) is 4.34. The van der Waals surface area contributed by atoms with Crippen molar-refractivity contribution < 1.29 is 9.18 Å². The highest BCUT2D eigenvalue weighted by atomic mass is 32.2. The largest absolute Gasteiger partial charge is 0.346 e. The highest BCUT2D eigenvalue weighted by Crippen LogP contribution is 2.30. The van der Waals surface area contributed by atoms with Gasteiger partial charge in [0.25, 0.3) is 0 Å². The zero-order valence-electron chi connectivity index (χ0n) is 24.0. The number of halogens is 1. The molecule has 7 heteroatoms. The maximum atomic E-state index is 13.4. The molecule has 40 heavy (non-hydrogen) atoms. The molecule has 2 unspecified atom stereocenters. The number of rotatable bonds is 11. The van der Waals surface area contributed by atoms with Crippen molar-refractivity contribution in [3.8, 4) is 5.69 Å². The predicted molar refractivity (Wildman–Crippen MR) is 161 cm³/mol. The molecule has 0 aliphatic heterocycles. The molecule has 0 aliphatic carbocycles. The Labute approximate surface area is 241 Å². The molecule has 0 radical (unpaired) electrons. The molecule has 3 aromatic carbocycles.